The summed E-state index contributed by atoms with van der Waals surface area (Å²) in [5.41, 5.74) is 8.33. The molecule has 0 spiro atoms. The third-order valence-electron chi connectivity index (χ3n) is 4.85. The molecule has 0 saturated carbocycles. The Hall–Kier alpha value is -4.20. The van der Waals surface area contributed by atoms with Crippen LogP contribution >= 0.6 is 0 Å². The number of methoxy groups -OCH3 is 2. The van der Waals surface area contributed by atoms with Gasteiger partial charge >= 0.3 is 5.69 Å². The van der Waals surface area contributed by atoms with E-state index in [9.17, 15) is 10.1 Å². The molecule has 4 rings (SSSR count). The van der Waals surface area contributed by atoms with E-state index in [1.807, 2.05) is 36.4 Å². The molecule has 0 atom stereocenters. The quantitative estimate of drug-likeness (QED) is 0.387. The number of ether oxygens (including phenoxy) is 2. The second-order valence-electron chi connectivity index (χ2n) is 6.50. The van der Waals surface area contributed by atoms with Crippen molar-refractivity contribution in [1.29, 1.82) is 0 Å². The Morgan fingerprint density at radius 3 is 2.33 bits per heavy atom. The molecule has 0 bridgehead atoms. The average molecular weight is 402 g/mol. The summed E-state index contributed by atoms with van der Waals surface area (Å²) < 4.78 is 10.6. The molecule has 0 radical (unpaired) electrons. The minimum absolute atomic E-state index is 0.108. The van der Waals surface area contributed by atoms with Gasteiger partial charge in [-0.15, -0.1) is 0 Å². The number of anilines is 1. The van der Waals surface area contributed by atoms with E-state index in [1.165, 1.54) is 13.2 Å². The normalized spacial score (nSPS) is 10.7. The lowest BCUT2D eigenvalue weighted by atomic mass is 9.95. The summed E-state index contributed by atoms with van der Waals surface area (Å²) in [5, 5.41) is 13.3. The van der Waals surface area contributed by atoms with Gasteiger partial charge in [-0.3, -0.25) is 10.1 Å². The van der Waals surface area contributed by atoms with Crippen molar-refractivity contribution in [3.63, 3.8) is 0 Å². The summed E-state index contributed by atoms with van der Waals surface area (Å²) in [5.74, 6) is 1.02. The molecular weight excluding hydrogens is 384 g/mol. The molecule has 0 aliphatic heterocycles. The van der Waals surface area contributed by atoms with Crippen molar-refractivity contribution >= 4 is 22.4 Å². The second-order valence-corrected chi connectivity index (χ2v) is 6.50. The number of benzene rings is 3. The van der Waals surface area contributed by atoms with Crippen molar-refractivity contribution in [2.45, 2.75) is 0 Å². The maximum atomic E-state index is 11.5. The van der Waals surface area contributed by atoms with Crippen molar-refractivity contribution < 1.29 is 14.4 Å². The van der Waals surface area contributed by atoms with Crippen LogP contribution in [0.25, 0.3) is 33.2 Å². The third kappa shape index (κ3) is 3.24. The van der Waals surface area contributed by atoms with Crippen LogP contribution in [0.2, 0.25) is 0 Å². The van der Waals surface area contributed by atoms with Gasteiger partial charge in [0.2, 0.25) is 5.95 Å². The fourth-order valence-corrected chi connectivity index (χ4v) is 3.47. The van der Waals surface area contributed by atoms with Gasteiger partial charge in [-0.1, -0.05) is 30.3 Å². The van der Waals surface area contributed by atoms with Gasteiger partial charge in [-0.25, -0.2) is 9.97 Å². The predicted octanol–water partition coefficient (Wildman–Crippen LogP) is 4.47. The summed E-state index contributed by atoms with van der Waals surface area (Å²) in [4.78, 5) is 19.6. The van der Waals surface area contributed by atoms with Crippen LogP contribution in [0.15, 0.2) is 60.8 Å². The molecule has 0 fully saturated rings. The summed E-state index contributed by atoms with van der Waals surface area (Å²) in [6.07, 6.45) is 1.57. The molecule has 8 nitrogen and oxygen atoms in total. The first-order valence-electron chi connectivity index (χ1n) is 9.05. The van der Waals surface area contributed by atoms with E-state index in [0.29, 0.717) is 16.8 Å². The Morgan fingerprint density at radius 1 is 0.933 bits per heavy atom. The van der Waals surface area contributed by atoms with E-state index in [1.54, 1.807) is 25.4 Å². The third-order valence-corrected chi connectivity index (χ3v) is 4.85. The summed E-state index contributed by atoms with van der Waals surface area (Å²) >= 11 is 0. The van der Waals surface area contributed by atoms with Gasteiger partial charge in [0, 0.05) is 28.8 Å². The van der Waals surface area contributed by atoms with Gasteiger partial charge in [0.25, 0.3) is 0 Å². The van der Waals surface area contributed by atoms with Gasteiger partial charge < -0.3 is 15.2 Å². The SMILES string of the molecule is COc1ccc(-c2cnc(N)nc2-c2ccc(OC)c3ccccc23)cc1[N+](=O)[O-]. The number of nitrogen functional groups attached to an aromatic ring is 1. The van der Waals surface area contributed by atoms with E-state index < -0.39 is 4.92 Å². The number of hydrogen-bond donors (Lipinski definition) is 1. The Morgan fingerprint density at radius 2 is 1.63 bits per heavy atom. The van der Waals surface area contributed by atoms with Crippen LogP contribution in [0.5, 0.6) is 11.5 Å². The molecule has 3 aromatic carbocycles. The Bertz CT molecular complexity index is 1270. The molecule has 150 valence electrons. The average Bonchev–Trinajstić information content (AvgIpc) is 2.77. The Labute approximate surface area is 172 Å². The molecule has 1 aromatic heterocycles. The number of aromatic nitrogens is 2. The minimum atomic E-state index is -0.483. The predicted molar refractivity (Wildman–Crippen MR) is 115 cm³/mol. The zero-order chi connectivity index (χ0) is 21.3. The monoisotopic (exact) mass is 402 g/mol. The number of nitro benzene ring substituents is 1. The fourth-order valence-electron chi connectivity index (χ4n) is 3.47. The van der Waals surface area contributed by atoms with Crippen molar-refractivity contribution in [3.8, 4) is 33.9 Å². The lowest BCUT2D eigenvalue weighted by Gasteiger charge is -2.14. The van der Waals surface area contributed by atoms with Crippen molar-refractivity contribution in [3.05, 3.63) is 70.9 Å². The summed E-state index contributed by atoms with van der Waals surface area (Å²) in [6.45, 7) is 0. The standard InChI is InChI=1S/C22H18N4O4/c1-29-19-10-8-16(14-5-3-4-6-15(14)19)21-17(12-24-22(23)25-21)13-7-9-20(30-2)18(11-13)26(27)28/h3-12H,1-2H3,(H2,23,24,25). The number of rotatable bonds is 5. The summed E-state index contributed by atoms with van der Waals surface area (Å²) in [7, 11) is 3.01. The van der Waals surface area contributed by atoms with Gasteiger partial charge in [0.15, 0.2) is 5.75 Å². The van der Waals surface area contributed by atoms with E-state index in [2.05, 4.69) is 9.97 Å². The zero-order valence-electron chi connectivity index (χ0n) is 16.3. The van der Waals surface area contributed by atoms with Gasteiger partial charge in [-0.2, -0.15) is 0 Å². The molecule has 0 saturated heterocycles. The van der Waals surface area contributed by atoms with Gasteiger partial charge in [0.1, 0.15) is 5.75 Å². The number of fused-ring (bicyclic) bond motifs is 1. The van der Waals surface area contributed by atoms with Crippen LogP contribution in [0.3, 0.4) is 0 Å². The van der Waals surface area contributed by atoms with E-state index in [-0.39, 0.29) is 17.4 Å². The zero-order valence-corrected chi connectivity index (χ0v) is 16.3. The topological polar surface area (TPSA) is 113 Å². The fraction of sp³-hybridized carbons (Fsp3) is 0.0909. The molecule has 1 heterocycles. The molecule has 2 N–H and O–H groups in total. The highest BCUT2D eigenvalue weighted by molar-refractivity contribution is 6.02. The van der Waals surface area contributed by atoms with E-state index in [0.717, 1.165) is 22.1 Å². The van der Waals surface area contributed by atoms with Crippen LogP contribution in [0.1, 0.15) is 0 Å². The van der Waals surface area contributed by atoms with Crippen molar-refractivity contribution in [2.75, 3.05) is 20.0 Å². The number of hydrogen-bond acceptors (Lipinski definition) is 7. The second kappa shape index (κ2) is 7.67. The lowest BCUT2D eigenvalue weighted by molar-refractivity contribution is -0.385. The van der Waals surface area contributed by atoms with E-state index >= 15 is 0 Å². The van der Waals surface area contributed by atoms with Crippen LogP contribution in [0.4, 0.5) is 11.6 Å². The number of nitrogens with two attached hydrogens (primary N) is 1. The molecule has 0 aliphatic carbocycles. The van der Waals surface area contributed by atoms with E-state index in [4.69, 9.17) is 15.2 Å². The molecule has 0 amide bonds. The molecule has 30 heavy (non-hydrogen) atoms. The first kappa shape index (κ1) is 19.1. The number of nitro groups is 1. The molecule has 0 aliphatic rings. The van der Waals surface area contributed by atoms with Crippen molar-refractivity contribution in [1.82, 2.24) is 9.97 Å². The highest BCUT2D eigenvalue weighted by Gasteiger charge is 2.20. The first-order valence-corrected chi connectivity index (χ1v) is 9.05. The summed E-state index contributed by atoms with van der Waals surface area (Å²) in [6, 6.07) is 16.3. The van der Waals surface area contributed by atoms with Crippen LogP contribution in [-0.2, 0) is 0 Å². The molecule has 0 unspecified atom stereocenters. The smallest absolute Gasteiger partial charge is 0.311 e. The highest BCUT2D eigenvalue weighted by atomic mass is 16.6. The number of nitrogens with zero attached hydrogens (tertiary/aromatic N) is 3. The minimum Gasteiger partial charge on any atom is -0.496 e. The van der Waals surface area contributed by atoms with Crippen molar-refractivity contribution in [2.24, 2.45) is 0 Å². The molecule has 8 heteroatoms. The highest BCUT2D eigenvalue weighted by Crippen LogP contribution is 2.40. The molecule has 4 aromatic rings. The van der Waals surface area contributed by atoms with Crippen LogP contribution in [-0.4, -0.2) is 29.1 Å². The Kier molecular flexibility index (Phi) is 4.89. The van der Waals surface area contributed by atoms with Gasteiger partial charge in [0.05, 0.1) is 24.8 Å². The first-order chi connectivity index (χ1) is 14.5. The maximum Gasteiger partial charge on any atom is 0.311 e. The lowest BCUT2D eigenvalue weighted by Crippen LogP contribution is -2.00. The molecular formula is C22H18N4O4. The Balaban J connectivity index is 1.99. The largest absolute Gasteiger partial charge is 0.496 e. The van der Waals surface area contributed by atoms with Gasteiger partial charge in [-0.05, 0) is 29.1 Å². The van der Waals surface area contributed by atoms with Crippen LogP contribution < -0.4 is 15.2 Å². The van der Waals surface area contributed by atoms with Crippen LogP contribution in [0, 0.1) is 10.1 Å². The maximum absolute atomic E-state index is 11.5.